The number of rotatable bonds is 8. The van der Waals surface area contributed by atoms with Crippen LogP contribution >= 0.6 is 0 Å². The standard InChI is InChI=1S/C30H31NO5/c1-3-11-36-27-9-6-24(16-26(27)29(33)34-2)31-28(32)10-12-35-25-7-4-23(5-8-25)30-17-20-13-21(18-30)15-22(14-20)19-30/h1,4-10,12,16,20-22H,11,13-15,17-19H2,2H3,(H,31,32)/b12-10+. The number of terminal acetylenes is 1. The molecule has 186 valence electrons. The van der Waals surface area contributed by atoms with Gasteiger partial charge in [-0.15, -0.1) is 6.42 Å². The maximum atomic E-state index is 12.4. The molecule has 0 unspecified atom stereocenters. The van der Waals surface area contributed by atoms with Crippen LogP contribution < -0.4 is 14.8 Å². The van der Waals surface area contributed by atoms with Crippen molar-refractivity contribution in [3.63, 3.8) is 0 Å². The van der Waals surface area contributed by atoms with Crippen LogP contribution in [-0.2, 0) is 14.9 Å². The van der Waals surface area contributed by atoms with Crippen molar-refractivity contribution in [3.8, 4) is 23.8 Å². The molecule has 6 nitrogen and oxygen atoms in total. The predicted molar refractivity (Wildman–Crippen MR) is 137 cm³/mol. The van der Waals surface area contributed by atoms with Crippen LogP contribution in [0.5, 0.6) is 11.5 Å². The summed E-state index contributed by atoms with van der Waals surface area (Å²) in [7, 11) is 1.27. The lowest BCUT2D eigenvalue weighted by molar-refractivity contribution is -0.112. The Hall–Kier alpha value is -3.72. The number of ether oxygens (including phenoxy) is 3. The summed E-state index contributed by atoms with van der Waals surface area (Å²) in [5.74, 6) is 5.06. The van der Waals surface area contributed by atoms with E-state index in [2.05, 4.69) is 23.4 Å². The number of hydrogen-bond acceptors (Lipinski definition) is 5. The summed E-state index contributed by atoms with van der Waals surface area (Å²) in [6.45, 7) is 0.0132. The van der Waals surface area contributed by atoms with E-state index in [0.717, 1.165) is 17.8 Å². The topological polar surface area (TPSA) is 73.9 Å². The predicted octanol–water partition coefficient (Wildman–Crippen LogP) is 5.48. The second-order valence-corrected chi connectivity index (χ2v) is 10.3. The molecule has 4 bridgehead atoms. The lowest BCUT2D eigenvalue weighted by atomic mass is 9.48. The van der Waals surface area contributed by atoms with Gasteiger partial charge < -0.3 is 19.5 Å². The molecule has 1 amide bonds. The van der Waals surface area contributed by atoms with E-state index in [1.807, 2.05) is 12.1 Å². The Morgan fingerprint density at radius 3 is 2.33 bits per heavy atom. The number of anilines is 1. The Kier molecular flexibility index (Phi) is 6.73. The molecule has 2 aromatic carbocycles. The molecule has 0 radical (unpaired) electrons. The van der Waals surface area contributed by atoms with Crippen molar-refractivity contribution in [2.24, 2.45) is 17.8 Å². The largest absolute Gasteiger partial charge is 0.480 e. The van der Waals surface area contributed by atoms with E-state index in [4.69, 9.17) is 20.6 Å². The molecule has 4 aliphatic rings. The molecule has 1 N–H and O–H groups in total. The minimum Gasteiger partial charge on any atom is -0.480 e. The van der Waals surface area contributed by atoms with E-state index in [1.54, 1.807) is 12.1 Å². The van der Waals surface area contributed by atoms with Gasteiger partial charge in [-0.1, -0.05) is 18.1 Å². The summed E-state index contributed by atoms with van der Waals surface area (Å²) in [5.41, 5.74) is 2.38. The number of amides is 1. The van der Waals surface area contributed by atoms with E-state index in [0.29, 0.717) is 16.9 Å². The average molecular weight is 486 g/mol. The van der Waals surface area contributed by atoms with Gasteiger partial charge >= 0.3 is 5.97 Å². The van der Waals surface area contributed by atoms with Crippen LogP contribution in [0.2, 0.25) is 0 Å². The number of hydrogen-bond donors (Lipinski definition) is 1. The fourth-order valence-corrected chi connectivity index (χ4v) is 6.83. The third-order valence-electron chi connectivity index (χ3n) is 7.89. The first-order chi connectivity index (χ1) is 17.5. The highest BCUT2D eigenvalue weighted by Crippen LogP contribution is 2.60. The van der Waals surface area contributed by atoms with Crippen molar-refractivity contribution in [1.82, 2.24) is 0 Å². The van der Waals surface area contributed by atoms with Crippen LogP contribution in [0.1, 0.15) is 54.4 Å². The van der Waals surface area contributed by atoms with Crippen molar-refractivity contribution in [3.05, 3.63) is 65.9 Å². The highest BCUT2D eigenvalue weighted by atomic mass is 16.5. The molecule has 4 aliphatic carbocycles. The van der Waals surface area contributed by atoms with Crippen molar-refractivity contribution < 1.29 is 23.8 Å². The van der Waals surface area contributed by atoms with E-state index in [-0.39, 0.29) is 17.9 Å². The summed E-state index contributed by atoms with van der Waals surface area (Å²) in [4.78, 5) is 24.4. The van der Waals surface area contributed by atoms with Gasteiger partial charge in [-0.25, -0.2) is 4.79 Å². The van der Waals surface area contributed by atoms with E-state index < -0.39 is 11.9 Å². The maximum Gasteiger partial charge on any atom is 0.341 e. The second kappa shape index (κ2) is 10.1. The quantitative estimate of drug-likeness (QED) is 0.232. The van der Waals surface area contributed by atoms with Crippen molar-refractivity contribution >= 4 is 17.6 Å². The third kappa shape index (κ3) is 4.97. The Morgan fingerprint density at radius 1 is 1.06 bits per heavy atom. The third-order valence-corrected chi connectivity index (χ3v) is 7.89. The molecule has 2 aromatic rings. The van der Waals surface area contributed by atoms with Crippen molar-refractivity contribution in [2.45, 2.75) is 43.9 Å². The van der Waals surface area contributed by atoms with Crippen molar-refractivity contribution in [2.75, 3.05) is 19.0 Å². The number of nitrogens with one attached hydrogen (secondary N) is 1. The van der Waals surface area contributed by atoms with Gasteiger partial charge in [0.2, 0.25) is 0 Å². The van der Waals surface area contributed by atoms with E-state index >= 15 is 0 Å². The summed E-state index contributed by atoms with van der Waals surface area (Å²) in [5, 5.41) is 2.70. The number of methoxy groups -OCH3 is 1. The van der Waals surface area contributed by atoms with Crippen LogP contribution in [0.25, 0.3) is 0 Å². The van der Waals surface area contributed by atoms with E-state index in [1.165, 1.54) is 69.6 Å². The normalized spacial score (nSPS) is 25.8. The minimum absolute atomic E-state index is 0.0132. The molecule has 6 heteroatoms. The molecular formula is C30H31NO5. The SMILES string of the molecule is C#CCOc1ccc(NC(=O)/C=C/Oc2ccc(C34CC5CC(CC(C5)C3)C4)cc2)cc1C(=O)OC. The van der Waals surface area contributed by atoms with Crippen LogP contribution in [0.4, 0.5) is 5.69 Å². The molecule has 4 fully saturated rings. The number of carbonyl (C=O) groups excluding carboxylic acids is 2. The molecule has 0 atom stereocenters. The first kappa shape index (κ1) is 24.0. The van der Waals surface area contributed by atoms with Crippen molar-refractivity contribution in [1.29, 1.82) is 0 Å². The van der Waals surface area contributed by atoms with Gasteiger partial charge in [0.15, 0.2) is 0 Å². The van der Waals surface area contributed by atoms with Gasteiger partial charge in [0.05, 0.1) is 13.4 Å². The molecule has 0 saturated heterocycles. The Bertz CT molecular complexity index is 1170. The first-order valence-corrected chi connectivity index (χ1v) is 12.5. The number of esters is 1. The zero-order valence-corrected chi connectivity index (χ0v) is 20.5. The number of benzene rings is 2. The Labute approximate surface area is 212 Å². The first-order valence-electron chi connectivity index (χ1n) is 12.5. The van der Waals surface area contributed by atoms with Gasteiger partial charge in [-0.05, 0) is 97.6 Å². The van der Waals surface area contributed by atoms with Gasteiger partial charge in [0, 0.05) is 11.8 Å². The molecule has 0 aromatic heterocycles. The summed E-state index contributed by atoms with van der Waals surface area (Å²) >= 11 is 0. The molecule has 0 aliphatic heterocycles. The van der Waals surface area contributed by atoms with Crippen LogP contribution in [0, 0.1) is 30.1 Å². The summed E-state index contributed by atoms with van der Waals surface area (Å²) in [6, 6.07) is 13.1. The van der Waals surface area contributed by atoms with Gasteiger partial charge in [-0.2, -0.15) is 0 Å². The fraction of sp³-hybridized carbons (Fsp3) is 0.400. The summed E-state index contributed by atoms with van der Waals surface area (Å²) < 4.78 is 15.8. The zero-order valence-electron chi connectivity index (χ0n) is 20.5. The van der Waals surface area contributed by atoms with Gasteiger partial charge in [0.25, 0.3) is 5.91 Å². The van der Waals surface area contributed by atoms with Crippen LogP contribution in [0.3, 0.4) is 0 Å². The monoisotopic (exact) mass is 485 g/mol. The molecule has 0 heterocycles. The highest BCUT2D eigenvalue weighted by molar-refractivity contribution is 6.01. The lowest BCUT2D eigenvalue weighted by Gasteiger charge is -2.57. The second-order valence-electron chi connectivity index (χ2n) is 10.3. The molecule has 36 heavy (non-hydrogen) atoms. The Balaban J connectivity index is 1.18. The molecule has 4 saturated carbocycles. The highest BCUT2D eigenvalue weighted by Gasteiger charge is 2.51. The fourth-order valence-electron chi connectivity index (χ4n) is 6.83. The average Bonchev–Trinajstić information content (AvgIpc) is 2.87. The molecule has 6 rings (SSSR count). The maximum absolute atomic E-state index is 12.4. The summed E-state index contributed by atoms with van der Waals surface area (Å²) in [6.07, 6.45) is 16.2. The van der Waals surface area contributed by atoms with Gasteiger partial charge in [0.1, 0.15) is 23.7 Å². The smallest absolute Gasteiger partial charge is 0.341 e. The molecule has 0 spiro atoms. The zero-order chi connectivity index (χ0) is 25.1. The lowest BCUT2D eigenvalue weighted by Crippen LogP contribution is -2.48. The van der Waals surface area contributed by atoms with Crippen LogP contribution in [-0.4, -0.2) is 25.6 Å². The Morgan fingerprint density at radius 2 is 1.72 bits per heavy atom. The van der Waals surface area contributed by atoms with E-state index in [9.17, 15) is 9.59 Å². The van der Waals surface area contributed by atoms with Crippen LogP contribution in [0.15, 0.2) is 54.8 Å². The van der Waals surface area contributed by atoms with Gasteiger partial charge in [-0.3, -0.25) is 4.79 Å². The molecular weight excluding hydrogens is 454 g/mol. The number of carbonyl (C=O) groups is 2. The minimum atomic E-state index is -0.589.